The van der Waals surface area contributed by atoms with Crippen molar-refractivity contribution in [1.82, 2.24) is 24.6 Å². The molecule has 0 spiro atoms. The van der Waals surface area contributed by atoms with E-state index in [1.807, 2.05) is 59.4 Å². The number of pyridine rings is 1. The number of thioether (sulfide) groups is 1. The van der Waals surface area contributed by atoms with Crippen LogP contribution >= 0.6 is 23.4 Å². The minimum Gasteiger partial charge on any atom is -0.332 e. The van der Waals surface area contributed by atoms with Gasteiger partial charge in [0.1, 0.15) is 13.0 Å². The summed E-state index contributed by atoms with van der Waals surface area (Å²) >= 11 is 7.67. The van der Waals surface area contributed by atoms with Crippen LogP contribution in [0.2, 0.25) is 5.02 Å². The van der Waals surface area contributed by atoms with Crippen molar-refractivity contribution in [2.45, 2.75) is 5.16 Å². The van der Waals surface area contributed by atoms with E-state index in [4.69, 9.17) is 11.6 Å². The molecule has 0 atom stereocenters. The maximum atomic E-state index is 6.05. The van der Waals surface area contributed by atoms with Gasteiger partial charge in [-0.15, -0.1) is 10.2 Å². The molecule has 0 N–H and O–H groups in total. The van der Waals surface area contributed by atoms with E-state index in [1.54, 1.807) is 24.2 Å². The van der Waals surface area contributed by atoms with E-state index in [0.717, 1.165) is 28.1 Å². The van der Waals surface area contributed by atoms with E-state index in [0.29, 0.717) is 11.7 Å². The molecular formula is C17H16ClN7S. The van der Waals surface area contributed by atoms with Crippen LogP contribution in [0.4, 0.5) is 5.69 Å². The van der Waals surface area contributed by atoms with Crippen molar-refractivity contribution in [2.75, 3.05) is 17.6 Å². The predicted molar refractivity (Wildman–Crippen MR) is 104 cm³/mol. The van der Waals surface area contributed by atoms with Gasteiger partial charge in [-0.25, -0.2) is 5.01 Å². The highest BCUT2D eigenvalue weighted by Gasteiger charge is 2.17. The van der Waals surface area contributed by atoms with Crippen LogP contribution in [0.25, 0.3) is 11.4 Å². The number of hydrogen-bond acceptors (Lipinski definition) is 7. The summed E-state index contributed by atoms with van der Waals surface area (Å²) < 4.78 is 1.99. The molecule has 1 aliphatic rings. The maximum absolute atomic E-state index is 6.05. The molecule has 0 unspecified atom stereocenters. The zero-order chi connectivity index (χ0) is 17.9. The third-order valence-corrected chi connectivity index (χ3v) is 5.22. The van der Waals surface area contributed by atoms with Crippen molar-refractivity contribution >= 4 is 35.4 Å². The summed E-state index contributed by atoms with van der Waals surface area (Å²) in [7, 11) is 1.97. The van der Waals surface area contributed by atoms with Crippen LogP contribution in [0.15, 0.2) is 59.0 Å². The van der Waals surface area contributed by atoms with Crippen LogP contribution in [0.5, 0.6) is 0 Å². The van der Waals surface area contributed by atoms with Gasteiger partial charge < -0.3 is 9.47 Å². The standard InChI is InChI=1S/C17H16ClN7S/c1-23-16(13-5-7-19-8-6-13)21-22-17(23)26-12-24-10-20-25(11-24)15-4-2-3-14(18)9-15/h2-10H,11-12H2,1H3. The molecule has 1 aliphatic heterocycles. The highest BCUT2D eigenvalue weighted by atomic mass is 35.5. The van der Waals surface area contributed by atoms with Gasteiger partial charge in [-0.1, -0.05) is 29.4 Å². The van der Waals surface area contributed by atoms with E-state index in [2.05, 4.69) is 25.2 Å². The average molecular weight is 386 g/mol. The van der Waals surface area contributed by atoms with Crippen LogP contribution < -0.4 is 5.01 Å². The molecule has 26 heavy (non-hydrogen) atoms. The first-order chi connectivity index (χ1) is 12.7. The molecule has 0 saturated carbocycles. The smallest absolute Gasteiger partial charge is 0.192 e. The number of rotatable bonds is 5. The van der Waals surface area contributed by atoms with Crippen LogP contribution in [-0.2, 0) is 7.05 Å². The minimum absolute atomic E-state index is 0.669. The lowest BCUT2D eigenvalue weighted by Gasteiger charge is -2.18. The number of hydrogen-bond donors (Lipinski definition) is 0. The first kappa shape index (κ1) is 16.9. The molecule has 7 nitrogen and oxygen atoms in total. The maximum Gasteiger partial charge on any atom is 0.192 e. The Morgan fingerprint density at radius 2 is 2.00 bits per heavy atom. The van der Waals surface area contributed by atoms with Gasteiger partial charge in [-0.3, -0.25) is 4.98 Å². The van der Waals surface area contributed by atoms with Gasteiger partial charge in [-0.2, -0.15) is 5.10 Å². The molecule has 0 radical (unpaired) electrons. The van der Waals surface area contributed by atoms with Crippen molar-refractivity contribution in [3.05, 3.63) is 53.8 Å². The van der Waals surface area contributed by atoms with Gasteiger partial charge >= 0.3 is 0 Å². The van der Waals surface area contributed by atoms with E-state index in [-0.39, 0.29) is 0 Å². The summed E-state index contributed by atoms with van der Waals surface area (Å²) in [4.78, 5) is 6.14. The van der Waals surface area contributed by atoms with Gasteiger partial charge in [0, 0.05) is 30.0 Å². The largest absolute Gasteiger partial charge is 0.332 e. The highest BCUT2D eigenvalue weighted by molar-refractivity contribution is 7.99. The molecule has 3 heterocycles. The van der Waals surface area contributed by atoms with Crippen molar-refractivity contribution in [2.24, 2.45) is 12.1 Å². The molecule has 0 saturated heterocycles. The third kappa shape index (κ3) is 3.51. The summed E-state index contributed by atoms with van der Waals surface area (Å²) in [5.74, 6) is 1.55. The molecule has 2 aromatic heterocycles. The second kappa shape index (κ2) is 7.35. The lowest BCUT2D eigenvalue weighted by molar-refractivity contribution is 0.530. The average Bonchev–Trinajstić information content (AvgIpc) is 3.28. The zero-order valence-electron chi connectivity index (χ0n) is 14.0. The predicted octanol–water partition coefficient (Wildman–Crippen LogP) is 3.30. The van der Waals surface area contributed by atoms with Crippen LogP contribution in [0, 0.1) is 0 Å². The lowest BCUT2D eigenvalue weighted by Crippen LogP contribution is -2.26. The third-order valence-electron chi connectivity index (χ3n) is 3.91. The number of anilines is 1. The van der Waals surface area contributed by atoms with Gasteiger partial charge in [0.25, 0.3) is 0 Å². The quantitative estimate of drug-likeness (QED) is 0.628. The molecule has 9 heteroatoms. The Bertz CT molecular complexity index is 928. The second-order valence-electron chi connectivity index (χ2n) is 5.72. The lowest BCUT2D eigenvalue weighted by atomic mass is 10.2. The van der Waals surface area contributed by atoms with E-state index in [9.17, 15) is 0 Å². The van der Waals surface area contributed by atoms with Crippen LogP contribution in [0.3, 0.4) is 0 Å². The number of benzene rings is 1. The molecule has 1 aromatic carbocycles. The molecule has 132 valence electrons. The molecule has 4 rings (SSSR count). The normalized spacial score (nSPS) is 13.6. The molecule has 3 aromatic rings. The fourth-order valence-electron chi connectivity index (χ4n) is 2.57. The fraction of sp³-hybridized carbons (Fsp3) is 0.176. The Morgan fingerprint density at radius 3 is 2.81 bits per heavy atom. The summed E-state index contributed by atoms with van der Waals surface area (Å²) in [5.41, 5.74) is 1.97. The Kier molecular flexibility index (Phi) is 4.77. The Labute approximate surface area is 160 Å². The topological polar surface area (TPSA) is 62.4 Å². The number of nitrogens with zero attached hydrogens (tertiary/aromatic N) is 7. The molecule has 0 fully saturated rings. The van der Waals surface area contributed by atoms with Crippen LogP contribution in [-0.4, -0.2) is 43.5 Å². The van der Waals surface area contributed by atoms with Gasteiger partial charge in [0.05, 0.1) is 11.6 Å². The Balaban J connectivity index is 1.39. The summed E-state index contributed by atoms with van der Waals surface area (Å²) in [6, 6.07) is 11.5. The first-order valence-electron chi connectivity index (χ1n) is 7.94. The highest BCUT2D eigenvalue weighted by Crippen LogP contribution is 2.25. The minimum atomic E-state index is 0.669. The molecule has 0 aliphatic carbocycles. The summed E-state index contributed by atoms with van der Waals surface area (Å²) in [5, 5.41) is 16.5. The molecule has 0 bridgehead atoms. The number of halogens is 1. The van der Waals surface area contributed by atoms with E-state index >= 15 is 0 Å². The van der Waals surface area contributed by atoms with E-state index < -0.39 is 0 Å². The fourth-order valence-corrected chi connectivity index (χ4v) is 3.57. The van der Waals surface area contributed by atoms with Crippen molar-refractivity contribution in [3.63, 3.8) is 0 Å². The zero-order valence-corrected chi connectivity index (χ0v) is 15.6. The van der Waals surface area contributed by atoms with Crippen molar-refractivity contribution in [3.8, 4) is 11.4 Å². The van der Waals surface area contributed by atoms with Crippen LogP contribution in [0.1, 0.15) is 0 Å². The SMILES string of the molecule is Cn1c(SCN2C=NN(c3cccc(Cl)c3)C2)nnc1-c1ccncc1. The van der Waals surface area contributed by atoms with Gasteiger partial charge in [-0.05, 0) is 30.3 Å². The summed E-state index contributed by atoms with van der Waals surface area (Å²) in [6.45, 7) is 0.669. The molecule has 0 amide bonds. The Hall–Kier alpha value is -2.58. The monoisotopic (exact) mass is 385 g/mol. The van der Waals surface area contributed by atoms with Gasteiger partial charge in [0.2, 0.25) is 0 Å². The second-order valence-corrected chi connectivity index (χ2v) is 7.06. The summed E-state index contributed by atoms with van der Waals surface area (Å²) in [6.07, 6.45) is 5.33. The van der Waals surface area contributed by atoms with Crippen molar-refractivity contribution in [1.29, 1.82) is 0 Å². The molecular weight excluding hydrogens is 370 g/mol. The van der Waals surface area contributed by atoms with Gasteiger partial charge in [0.15, 0.2) is 11.0 Å². The Morgan fingerprint density at radius 1 is 1.15 bits per heavy atom. The van der Waals surface area contributed by atoms with Crippen molar-refractivity contribution < 1.29 is 0 Å². The number of aromatic nitrogens is 4. The van der Waals surface area contributed by atoms with E-state index in [1.165, 1.54) is 0 Å². The number of hydrazone groups is 1. The first-order valence-corrected chi connectivity index (χ1v) is 9.31.